The molecule has 0 amide bonds. The first-order chi connectivity index (χ1) is 27.7. The molecule has 0 N–H and O–H groups in total. The predicted octanol–water partition coefficient (Wildman–Crippen LogP) is 14.1. The maximum Gasteiger partial charge on any atom is 0.164 e. The molecule has 8 aromatic carbocycles. The van der Waals surface area contributed by atoms with Crippen molar-refractivity contribution in [3.63, 3.8) is 0 Å². The topological polar surface area (TPSA) is 51.8 Å². The van der Waals surface area contributed by atoms with Gasteiger partial charge in [-0.3, -0.25) is 0 Å². The summed E-state index contributed by atoms with van der Waals surface area (Å²) in [5.41, 5.74) is 11.5. The Morgan fingerprint density at radius 2 is 0.804 bits per heavy atom. The van der Waals surface area contributed by atoms with Gasteiger partial charge in [-0.1, -0.05) is 152 Å². The Labute approximate surface area is 327 Å². The fourth-order valence-electron chi connectivity index (χ4n) is 7.71. The van der Waals surface area contributed by atoms with Crippen molar-refractivity contribution in [1.82, 2.24) is 15.0 Å². The molecule has 5 heteroatoms. The minimum atomic E-state index is 0.593. The molecule has 0 aliphatic rings. The van der Waals surface area contributed by atoms with E-state index >= 15 is 0 Å². The van der Waals surface area contributed by atoms with Gasteiger partial charge in [0.2, 0.25) is 0 Å². The van der Waals surface area contributed by atoms with Crippen LogP contribution in [0.15, 0.2) is 192 Å². The average molecular weight is 734 g/mol. The normalized spacial score (nSPS) is 11.6. The highest BCUT2D eigenvalue weighted by Gasteiger charge is 2.16. The molecule has 0 spiro atoms. The van der Waals surface area contributed by atoms with Crippen molar-refractivity contribution in [2.24, 2.45) is 0 Å². The highest BCUT2D eigenvalue weighted by atomic mass is 32.1. The van der Waals surface area contributed by atoms with Crippen LogP contribution in [0.3, 0.4) is 0 Å². The summed E-state index contributed by atoms with van der Waals surface area (Å²) in [6.07, 6.45) is 0. The first-order valence-corrected chi connectivity index (χ1v) is 19.5. The van der Waals surface area contributed by atoms with Crippen LogP contribution in [0.2, 0.25) is 0 Å². The van der Waals surface area contributed by atoms with Crippen LogP contribution in [0.1, 0.15) is 0 Å². The number of thiophene rings is 1. The smallest absolute Gasteiger partial charge is 0.164 e. The lowest BCUT2D eigenvalue weighted by molar-refractivity contribution is 0.669. The number of rotatable bonds is 6. The van der Waals surface area contributed by atoms with Gasteiger partial charge in [0.1, 0.15) is 11.2 Å². The quantitative estimate of drug-likeness (QED) is 0.171. The third kappa shape index (κ3) is 5.65. The van der Waals surface area contributed by atoms with Crippen LogP contribution in [0.25, 0.3) is 110 Å². The van der Waals surface area contributed by atoms with E-state index in [1.807, 2.05) is 47.7 Å². The first-order valence-electron chi connectivity index (χ1n) is 18.7. The second kappa shape index (κ2) is 13.3. The van der Waals surface area contributed by atoms with Gasteiger partial charge in [0.15, 0.2) is 17.5 Å². The summed E-state index contributed by atoms with van der Waals surface area (Å²) in [7, 11) is 0. The van der Waals surface area contributed by atoms with E-state index in [0.717, 1.165) is 55.3 Å². The molecule has 4 nitrogen and oxygen atoms in total. The number of hydrogen-bond acceptors (Lipinski definition) is 5. The molecule has 0 bridgehead atoms. The van der Waals surface area contributed by atoms with Gasteiger partial charge in [-0.25, -0.2) is 15.0 Å². The number of hydrogen-bond donors (Lipinski definition) is 0. The van der Waals surface area contributed by atoms with Crippen LogP contribution in [0.5, 0.6) is 0 Å². The highest BCUT2D eigenvalue weighted by molar-refractivity contribution is 7.26. The van der Waals surface area contributed by atoms with Crippen molar-refractivity contribution in [3.8, 4) is 67.5 Å². The van der Waals surface area contributed by atoms with E-state index in [2.05, 4.69) is 152 Å². The fraction of sp³-hybridized carbons (Fsp3) is 0. The zero-order valence-electron chi connectivity index (χ0n) is 30.1. The van der Waals surface area contributed by atoms with E-state index in [4.69, 9.17) is 19.4 Å². The van der Waals surface area contributed by atoms with Crippen molar-refractivity contribution in [2.75, 3.05) is 0 Å². The van der Waals surface area contributed by atoms with E-state index in [-0.39, 0.29) is 0 Å². The summed E-state index contributed by atoms with van der Waals surface area (Å²) in [5.74, 6) is 1.84. The van der Waals surface area contributed by atoms with Gasteiger partial charge >= 0.3 is 0 Å². The second-order valence-electron chi connectivity index (χ2n) is 14.0. The van der Waals surface area contributed by atoms with Crippen LogP contribution < -0.4 is 0 Å². The Hall–Kier alpha value is -7.21. The molecule has 0 saturated carbocycles. The standard InChI is InChI=1S/C51H31N3OS/c1-4-11-32(12-5-1)33-19-21-36(22-20-33)50-52-49(35-15-8-3-9-16-35)53-51(54-50)39-24-27-42-41-26-23-38(30-45(41)55-46(42)31-39)37-25-28-47-44(29-37)43-18-10-17-40(48(43)56-47)34-13-6-2-7-14-34/h1-31H. The molecule has 3 heterocycles. The molecule has 3 aromatic heterocycles. The van der Waals surface area contributed by atoms with Crippen molar-refractivity contribution in [2.45, 2.75) is 0 Å². The lowest BCUT2D eigenvalue weighted by atomic mass is 9.99. The summed E-state index contributed by atoms with van der Waals surface area (Å²) >= 11 is 1.86. The molecule has 0 aliphatic carbocycles. The third-order valence-electron chi connectivity index (χ3n) is 10.6. The van der Waals surface area contributed by atoms with E-state index < -0.39 is 0 Å². The molecule has 11 rings (SSSR count). The summed E-state index contributed by atoms with van der Waals surface area (Å²) in [6.45, 7) is 0. The molecule has 262 valence electrons. The Bertz CT molecular complexity index is 3230. The molecule has 11 aromatic rings. The van der Waals surface area contributed by atoms with Gasteiger partial charge in [-0.2, -0.15) is 0 Å². The van der Waals surface area contributed by atoms with Gasteiger partial charge < -0.3 is 4.42 Å². The van der Waals surface area contributed by atoms with Gasteiger partial charge in [0.05, 0.1) is 0 Å². The van der Waals surface area contributed by atoms with Crippen molar-refractivity contribution < 1.29 is 4.42 Å². The van der Waals surface area contributed by atoms with Crippen LogP contribution in [-0.4, -0.2) is 15.0 Å². The average Bonchev–Trinajstić information content (AvgIpc) is 3.84. The SMILES string of the molecule is c1ccc(-c2ccc(-c3nc(-c4ccccc4)nc(-c4ccc5c(c4)oc4cc(-c6ccc7sc8c(-c9ccccc9)cccc8c7c6)ccc45)n3)cc2)cc1. The lowest BCUT2D eigenvalue weighted by Crippen LogP contribution is -2.00. The molecule has 0 atom stereocenters. The van der Waals surface area contributed by atoms with E-state index in [9.17, 15) is 0 Å². The number of furan rings is 1. The molecular formula is C51H31N3OS. The maximum atomic E-state index is 6.60. The number of aromatic nitrogens is 3. The molecule has 0 saturated heterocycles. The van der Waals surface area contributed by atoms with Gasteiger partial charge in [-0.15, -0.1) is 11.3 Å². The third-order valence-corrected chi connectivity index (χ3v) is 11.8. The Kier molecular flexibility index (Phi) is 7.64. The number of fused-ring (bicyclic) bond motifs is 6. The van der Waals surface area contributed by atoms with Crippen LogP contribution in [-0.2, 0) is 0 Å². The zero-order chi connectivity index (χ0) is 37.0. The highest BCUT2D eigenvalue weighted by Crippen LogP contribution is 2.42. The minimum Gasteiger partial charge on any atom is -0.456 e. The Morgan fingerprint density at radius 3 is 1.48 bits per heavy atom. The molecule has 0 unspecified atom stereocenters. The van der Waals surface area contributed by atoms with Crippen molar-refractivity contribution in [1.29, 1.82) is 0 Å². The molecule has 0 aliphatic heterocycles. The number of benzene rings is 8. The number of nitrogens with zero attached hydrogens (tertiary/aromatic N) is 3. The maximum absolute atomic E-state index is 6.60. The van der Waals surface area contributed by atoms with Crippen LogP contribution >= 0.6 is 11.3 Å². The predicted molar refractivity (Wildman–Crippen MR) is 233 cm³/mol. The summed E-state index contributed by atoms with van der Waals surface area (Å²) in [5, 5.41) is 4.68. The summed E-state index contributed by atoms with van der Waals surface area (Å²) in [6, 6.07) is 65.7. The van der Waals surface area contributed by atoms with E-state index in [1.54, 1.807) is 0 Å². The minimum absolute atomic E-state index is 0.593. The largest absolute Gasteiger partial charge is 0.456 e. The Balaban J connectivity index is 0.971. The molecule has 0 radical (unpaired) electrons. The first kappa shape index (κ1) is 32.2. The molecular weight excluding hydrogens is 703 g/mol. The van der Waals surface area contributed by atoms with Crippen molar-refractivity contribution in [3.05, 3.63) is 188 Å². The summed E-state index contributed by atoms with van der Waals surface area (Å²) < 4.78 is 9.20. The van der Waals surface area contributed by atoms with Crippen LogP contribution in [0, 0.1) is 0 Å². The van der Waals surface area contributed by atoms with Gasteiger partial charge in [0, 0.05) is 47.6 Å². The fourth-order valence-corrected chi connectivity index (χ4v) is 8.93. The van der Waals surface area contributed by atoms with Gasteiger partial charge in [0.25, 0.3) is 0 Å². The molecule has 0 fully saturated rings. The van der Waals surface area contributed by atoms with Gasteiger partial charge in [-0.05, 0) is 69.8 Å². The monoisotopic (exact) mass is 733 g/mol. The Morgan fingerprint density at radius 1 is 0.321 bits per heavy atom. The lowest BCUT2D eigenvalue weighted by Gasteiger charge is -2.09. The molecule has 56 heavy (non-hydrogen) atoms. The zero-order valence-corrected chi connectivity index (χ0v) is 30.9. The van der Waals surface area contributed by atoms with Crippen molar-refractivity contribution >= 4 is 53.4 Å². The van der Waals surface area contributed by atoms with Crippen LogP contribution in [0.4, 0.5) is 0 Å². The van der Waals surface area contributed by atoms with E-state index in [0.29, 0.717) is 17.5 Å². The summed E-state index contributed by atoms with van der Waals surface area (Å²) in [4.78, 5) is 14.9. The second-order valence-corrected chi connectivity index (χ2v) is 15.1. The van der Waals surface area contributed by atoms with E-state index in [1.165, 1.54) is 36.9 Å².